The van der Waals surface area contributed by atoms with Gasteiger partial charge in [0.05, 0.1) is 4.90 Å². The number of anilines is 1. The van der Waals surface area contributed by atoms with E-state index in [-0.39, 0.29) is 4.75 Å². The van der Waals surface area contributed by atoms with Crippen LogP contribution in [0.5, 0.6) is 0 Å². The van der Waals surface area contributed by atoms with Gasteiger partial charge in [0.15, 0.2) is 0 Å². The van der Waals surface area contributed by atoms with Gasteiger partial charge in [-0.25, -0.2) is 13.1 Å². The second-order valence-corrected chi connectivity index (χ2v) is 10.5. The number of hydrogen-bond acceptors (Lipinski definition) is 4. The summed E-state index contributed by atoms with van der Waals surface area (Å²) in [4.78, 5) is 2.33. The van der Waals surface area contributed by atoms with Crippen molar-refractivity contribution in [3.05, 3.63) is 36.4 Å². The molecule has 1 N–H and O–H groups in total. The first-order chi connectivity index (χ1) is 11.1. The van der Waals surface area contributed by atoms with Crippen LogP contribution in [0.25, 0.3) is 10.8 Å². The lowest BCUT2D eigenvalue weighted by Gasteiger charge is -2.18. The summed E-state index contributed by atoms with van der Waals surface area (Å²) >= 11 is 1.75. The normalized spacial score (nSPS) is 12.5. The quantitative estimate of drug-likeness (QED) is 0.792. The van der Waals surface area contributed by atoms with Crippen molar-refractivity contribution in [3.63, 3.8) is 0 Å². The average Bonchev–Trinajstić information content (AvgIpc) is 2.49. The second-order valence-electron chi connectivity index (χ2n) is 6.88. The summed E-state index contributed by atoms with van der Waals surface area (Å²) in [5.41, 5.74) is 1.01. The fourth-order valence-electron chi connectivity index (χ4n) is 2.50. The number of thioether (sulfide) groups is 1. The summed E-state index contributed by atoms with van der Waals surface area (Å²) in [6, 6.07) is 11.2. The SMILES string of the molecule is CN(C)c1cccc2c(S(=O)(=O)NCCSC(C)(C)C)cccc12. The first kappa shape index (κ1) is 19.1. The lowest BCUT2D eigenvalue weighted by molar-refractivity contribution is 0.585. The van der Waals surface area contributed by atoms with Gasteiger partial charge >= 0.3 is 0 Å². The van der Waals surface area contributed by atoms with Gasteiger partial charge in [0.25, 0.3) is 0 Å². The van der Waals surface area contributed by atoms with Crippen LogP contribution >= 0.6 is 11.8 Å². The van der Waals surface area contributed by atoms with Crippen molar-refractivity contribution in [1.29, 1.82) is 0 Å². The molecule has 0 unspecified atom stereocenters. The first-order valence-corrected chi connectivity index (χ1v) is 10.4. The summed E-state index contributed by atoms with van der Waals surface area (Å²) in [5, 5.41) is 1.69. The smallest absolute Gasteiger partial charge is 0.241 e. The Morgan fingerprint density at radius 1 is 1.04 bits per heavy atom. The van der Waals surface area contributed by atoms with E-state index in [9.17, 15) is 8.42 Å². The molecule has 2 aromatic rings. The molecule has 0 fully saturated rings. The Morgan fingerprint density at radius 3 is 2.29 bits per heavy atom. The fourth-order valence-corrected chi connectivity index (χ4v) is 4.70. The summed E-state index contributed by atoms with van der Waals surface area (Å²) in [5.74, 6) is 0.746. The minimum atomic E-state index is -3.53. The molecule has 0 aliphatic heterocycles. The molecule has 0 saturated carbocycles. The average molecular weight is 367 g/mol. The van der Waals surface area contributed by atoms with Gasteiger partial charge in [0.2, 0.25) is 10.0 Å². The maximum absolute atomic E-state index is 12.7. The minimum absolute atomic E-state index is 0.130. The highest BCUT2D eigenvalue weighted by atomic mass is 32.2. The number of nitrogens with zero attached hydrogens (tertiary/aromatic N) is 1. The van der Waals surface area contributed by atoms with Gasteiger partial charge < -0.3 is 4.90 Å². The predicted molar refractivity (Wildman–Crippen MR) is 106 cm³/mol. The molecule has 0 aromatic heterocycles. The lowest BCUT2D eigenvalue weighted by atomic mass is 10.1. The molecule has 0 aliphatic rings. The van der Waals surface area contributed by atoms with Gasteiger partial charge in [0, 0.05) is 47.6 Å². The molecule has 0 aliphatic carbocycles. The summed E-state index contributed by atoms with van der Waals surface area (Å²) < 4.78 is 28.3. The van der Waals surface area contributed by atoms with Crippen molar-refractivity contribution < 1.29 is 8.42 Å². The van der Waals surface area contributed by atoms with E-state index >= 15 is 0 Å². The van der Waals surface area contributed by atoms with E-state index < -0.39 is 10.0 Å². The Bertz CT molecular complexity index is 809. The Balaban J connectivity index is 2.29. The molecule has 2 aromatic carbocycles. The number of fused-ring (bicyclic) bond motifs is 1. The molecular weight excluding hydrogens is 340 g/mol. The molecule has 24 heavy (non-hydrogen) atoms. The molecule has 6 heteroatoms. The molecule has 2 rings (SSSR count). The second kappa shape index (κ2) is 7.33. The maximum atomic E-state index is 12.7. The largest absolute Gasteiger partial charge is 0.377 e. The van der Waals surface area contributed by atoms with E-state index in [2.05, 4.69) is 25.5 Å². The Hall–Kier alpha value is -1.24. The summed E-state index contributed by atoms with van der Waals surface area (Å²) in [6.07, 6.45) is 0. The van der Waals surface area contributed by atoms with Gasteiger partial charge in [0.1, 0.15) is 0 Å². The third-order valence-electron chi connectivity index (χ3n) is 3.56. The maximum Gasteiger partial charge on any atom is 0.241 e. The van der Waals surface area contributed by atoms with Crippen molar-refractivity contribution in [1.82, 2.24) is 4.72 Å². The van der Waals surface area contributed by atoms with Crippen LogP contribution in [-0.2, 0) is 10.0 Å². The number of rotatable bonds is 6. The van der Waals surface area contributed by atoms with E-state index in [0.717, 1.165) is 22.2 Å². The predicted octanol–water partition coefficient (Wildman–Crippen LogP) is 3.72. The monoisotopic (exact) mass is 366 g/mol. The summed E-state index contributed by atoms with van der Waals surface area (Å²) in [6.45, 7) is 6.80. The Labute approximate surface area is 149 Å². The van der Waals surface area contributed by atoms with Crippen LogP contribution < -0.4 is 9.62 Å². The number of hydrogen-bond donors (Lipinski definition) is 1. The highest BCUT2D eigenvalue weighted by Crippen LogP contribution is 2.30. The van der Waals surface area contributed by atoms with Crippen LogP contribution in [0.2, 0.25) is 0 Å². The zero-order valence-electron chi connectivity index (χ0n) is 15.0. The first-order valence-electron chi connectivity index (χ1n) is 7.94. The van der Waals surface area contributed by atoms with E-state index in [1.807, 2.05) is 43.3 Å². The molecule has 132 valence electrons. The molecule has 4 nitrogen and oxygen atoms in total. The number of sulfonamides is 1. The molecule has 0 amide bonds. The van der Waals surface area contributed by atoms with E-state index in [0.29, 0.717) is 11.4 Å². The van der Waals surface area contributed by atoms with Crippen molar-refractivity contribution in [3.8, 4) is 0 Å². The highest BCUT2D eigenvalue weighted by molar-refractivity contribution is 8.00. The molecule has 0 radical (unpaired) electrons. The Kier molecular flexibility index (Phi) is 5.83. The molecular formula is C18H26N2O2S2. The third-order valence-corrected chi connectivity index (χ3v) is 6.35. The van der Waals surface area contributed by atoms with Gasteiger partial charge in [-0.2, -0.15) is 11.8 Å². The fraction of sp³-hybridized carbons (Fsp3) is 0.444. The Morgan fingerprint density at radius 2 is 1.67 bits per heavy atom. The molecule has 0 spiro atoms. The van der Waals surface area contributed by atoms with E-state index in [1.54, 1.807) is 23.9 Å². The third kappa shape index (κ3) is 4.65. The van der Waals surface area contributed by atoms with Gasteiger partial charge in [-0.15, -0.1) is 0 Å². The van der Waals surface area contributed by atoms with Gasteiger partial charge in [-0.1, -0.05) is 45.0 Å². The zero-order valence-corrected chi connectivity index (χ0v) is 16.6. The van der Waals surface area contributed by atoms with Crippen LogP contribution in [0.3, 0.4) is 0 Å². The van der Waals surface area contributed by atoms with Crippen molar-refractivity contribution in [2.45, 2.75) is 30.4 Å². The molecule has 0 bridgehead atoms. The number of benzene rings is 2. The topological polar surface area (TPSA) is 49.4 Å². The summed E-state index contributed by atoms with van der Waals surface area (Å²) in [7, 11) is 0.384. The van der Waals surface area contributed by atoms with Crippen LogP contribution in [0, 0.1) is 0 Å². The molecule has 0 saturated heterocycles. The van der Waals surface area contributed by atoms with Crippen molar-refractivity contribution in [2.75, 3.05) is 31.3 Å². The zero-order chi connectivity index (χ0) is 18.0. The van der Waals surface area contributed by atoms with Crippen molar-refractivity contribution in [2.24, 2.45) is 0 Å². The molecule has 0 heterocycles. The highest BCUT2D eigenvalue weighted by Gasteiger charge is 2.18. The lowest BCUT2D eigenvalue weighted by Crippen LogP contribution is -2.27. The van der Waals surface area contributed by atoms with Gasteiger partial charge in [-0.05, 0) is 12.1 Å². The molecule has 0 atom stereocenters. The van der Waals surface area contributed by atoms with Crippen molar-refractivity contribution >= 4 is 38.2 Å². The standard InChI is InChI=1S/C18H26N2O2S2/c1-18(2,3)23-13-12-19-24(21,22)17-11-7-8-14-15(17)9-6-10-16(14)20(4)5/h6-11,19H,12-13H2,1-5H3. The van der Waals surface area contributed by atoms with E-state index in [1.165, 1.54) is 0 Å². The van der Waals surface area contributed by atoms with E-state index in [4.69, 9.17) is 0 Å². The minimum Gasteiger partial charge on any atom is -0.377 e. The van der Waals surface area contributed by atoms with Crippen LogP contribution in [0.1, 0.15) is 20.8 Å². The van der Waals surface area contributed by atoms with Crippen LogP contribution in [0.15, 0.2) is 41.3 Å². The number of nitrogens with one attached hydrogen (secondary N) is 1. The van der Waals surface area contributed by atoms with Crippen LogP contribution in [0.4, 0.5) is 5.69 Å². The van der Waals surface area contributed by atoms with Gasteiger partial charge in [-0.3, -0.25) is 0 Å². The van der Waals surface area contributed by atoms with Crippen LogP contribution in [-0.4, -0.2) is 39.6 Å².